The van der Waals surface area contributed by atoms with Crippen LogP contribution in [0.15, 0.2) is 60.8 Å². The highest BCUT2D eigenvalue weighted by molar-refractivity contribution is 6.07. The van der Waals surface area contributed by atoms with Crippen LogP contribution in [0.4, 0.5) is 5.69 Å². The van der Waals surface area contributed by atoms with Crippen LogP contribution in [0.5, 0.6) is 0 Å². The van der Waals surface area contributed by atoms with Crippen LogP contribution < -0.4 is 5.32 Å². The fourth-order valence-corrected chi connectivity index (χ4v) is 3.64. The highest BCUT2D eigenvalue weighted by Crippen LogP contribution is 2.27. The van der Waals surface area contributed by atoms with E-state index in [2.05, 4.69) is 53.4 Å². The minimum atomic E-state index is 0.0246. The second-order valence-electron chi connectivity index (χ2n) is 7.34. The number of pyridine rings is 1. The van der Waals surface area contributed by atoms with Crippen LogP contribution >= 0.6 is 0 Å². The maximum absolute atomic E-state index is 12.5. The Morgan fingerprint density at radius 2 is 1.86 bits per heavy atom. The number of carbonyl (C=O) groups excluding carboxylic acids is 1. The first-order chi connectivity index (χ1) is 13.7. The van der Waals surface area contributed by atoms with E-state index in [4.69, 9.17) is 0 Å². The number of benzene rings is 2. The Balaban J connectivity index is 1.47. The summed E-state index contributed by atoms with van der Waals surface area (Å²) in [5.41, 5.74) is 5.17. The van der Waals surface area contributed by atoms with Gasteiger partial charge in [-0.25, -0.2) is 0 Å². The van der Waals surface area contributed by atoms with Crippen molar-refractivity contribution < 1.29 is 4.79 Å². The molecule has 0 saturated carbocycles. The molecule has 0 saturated heterocycles. The third-order valence-electron chi connectivity index (χ3n) is 5.43. The second kappa shape index (κ2) is 7.85. The number of fused-ring (bicyclic) bond motifs is 3. The number of aromatic amines is 1. The Morgan fingerprint density at radius 3 is 2.71 bits per heavy atom. The van der Waals surface area contributed by atoms with Gasteiger partial charge in [0, 0.05) is 34.1 Å². The molecule has 1 unspecified atom stereocenters. The summed E-state index contributed by atoms with van der Waals surface area (Å²) in [6.45, 7) is 4.35. The average Bonchev–Trinajstić information content (AvgIpc) is 3.10. The van der Waals surface area contributed by atoms with E-state index in [0.717, 1.165) is 34.2 Å². The van der Waals surface area contributed by atoms with Crippen molar-refractivity contribution in [2.75, 3.05) is 5.32 Å². The number of para-hydroxylation sites is 2. The number of anilines is 1. The van der Waals surface area contributed by atoms with Gasteiger partial charge in [0.15, 0.2) is 0 Å². The number of rotatable bonds is 6. The number of hydrogen-bond donors (Lipinski definition) is 2. The largest absolute Gasteiger partial charge is 0.353 e. The molecule has 2 heterocycles. The molecule has 0 aliphatic carbocycles. The third-order valence-corrected chi connectivity index (χ3v) is 5.43. The van der Waals surface area contributed by atoms with Crippen LogP contribution in [0.3, 0.4) is 0 Å². The van der Waals surface area contributed by atoms with Gasteiger partial charge in [-0.05, 0) is 42.5 Å². The quantitative estimate of drug-likeness (QED) is 0.450. The lowest BCUT2D eigenvalue weighted by Crippen LogP contribution is -2.14. The minimum absolute atomic E-state index is 0.0246. The molecule has 4 rings (SSSR count). The zero-order valence-corrected chi connectivity index (χ0v) is 16.3. The first-order valence-electron chi connectivity index (χ1n) is 9.90. The highest BCUT2D eigenvalue weighted by Gasteiger charge is 2.12. The number of amides is 1. The summed E-state index contributed by atoms with van der Waals surface area (Å²) in [6.07, 6.45) is 3.94. The van der Waals surface area contributed by atoms with Gasteiger partial charge in [0.2, 0.25) is 5.91 Å². The molecule has 28 heavy (non-hydrogen) atoms. The van der Waals surface area contributed by atoms with Crippen molar-refractivity contribution in [3.05, 3.63) is 72.1 Å². The smallest absolute Gasteiger partial charge is 0.224 e. The number of H-pyrrole nitrogens is 1. The molecule has 1 amide bonds. The van der Waals surface area contributed by atoms with E-state index in [1.807, 2.05) is 36.5 Å². The van der Waals surface area contributed by atoms with E-state index in [1.54, 1.807) is 0 Å². The maximum Gasteiger partial charge on any atom is 0.224 e. The normalized spacial score (nSPS) is 12.4. The summed E-state index contributed by atoms with van der Waals surface area (Å²) in [4.78, 5) is 20.4. The van der Waals surface area contributed by atoms with Crippen LogP contribution in [-0.4, -0.2) is 15.9 Å². The van der Waals surface area contributed by atoms with Crippen molar-refractivity contribution in [3.8, 4) is 0 Å². The van der Waals surface area contributed by atoms with E-state index in [9.17, 15) is 4.79 Å². The predicted octanol–water partition coefficient (Wildman–Crippen LogP) is 5.80. The molecule has 142 valence electrons. The van der Waals surface area contributed by atoms with E-state index < -0.39 is 0 Å². The standard InChI is InChI=1S/C24H25N3O/c1-3-16(2)18-8-4-6-10-21(18)27-24(28)13-12-17-14-20-19-9-5-7-11-22(19)26-23(20)15-25-17/h4-11,14-16,26H,3,12-13H2,1-2H3,(H,27,28). The molecule has 0 spiro atoms. The molecular weight excluding hydrogens is 346 g/mol. The second-order valence-corrected chi connectivity index (χ2v) is 7.34. The molecule has 2 aromatic heterocycles. The van der Waals surface area contributed by atoms with Gasteiger partial charge in [-0.1, -0.05) is 50.2 Å². The Bertz CT molecular complexity index is 1130. The summed E-state index contributed by atoms with van der Waals surface area (Å²) < 4.78 is 0. The molecule has 0 bridgehead atoms. The monoisotopic (exact) mass is 371 g/mol. The first-order valence-corrected chi connectivity index (χ1v) is 9.90. The number of nitrogens with zero attached hydrogens (tertiary/aromatic N) is 1. The zero-order valence-electron chi connectivity index (χ0n) is 16.3. The summed E-state index contributed by atoms with van der Waals surface area (Å²) in [6, 6.07) is 18.4. The Morgan fingerprint density at radius 1 is 1.07 bits per heavy atom. The van der Waals surface area contributed by atoms with Crippen molar-refractivity contribution in [3.63, 3.8) is 0 Å². The van der Waals surface area contributed by atoms with Gasteiger partial charge in [-0.2, -0.15) is 0 Å². The molecule has 4 nitrogen and oxygen atoms in total. The summed E-state index contributed by atoms with van der Waals surface area (Å²) >= 11 is 0. The van der Waals surface area contributed by atoms with Crippen LogP contribution in [0.2, 0.25) is 0 Å². The zero-order chi connectivity index (χ0) is 19.5. The SMILES string of the molecule is CCC(C)c1ccccc1NC(=O)CCc1cc2c(cn1)[nH]c1ccccc12. The van der Waals surface area contributed by atoms with Gasteiger partial charge in [-0.3, -0.25) is 9.78 Å². The molecule has 0 fully saturated rings. The fourth-order valence-electron chi connectivity index (χ4n) is 3.64. The van der Waals surface area contributed by atoms with Crippen LogP contribution in [0.1, 0.15) is 43.9 Å². The summed E-state index contributed by atoms with van der Waals surface area (Å²) in [5, 5.41) is 5.43. The lowest BCUT2D eigenvalue weighted by atomic mass is 9.97. The Kier molecular flexibility index (Phi) is 5.11. The van der Waals surface area contributed by atoms with Crippen LogP contribution in [0, 0.1) is 0 Å². The van der Waals surface area contributed by atoms with Crippen LogP contribution in [0.25, 0.3) is 21.8 Å². The van der Waals surface area contributed by atoms with Gasteiger partial charge in [0.25, 0.3) is 0 Å². The maximum atomic E-state index is 12.5. The molecule has 2 aromatic carbocycles. The van der Waals surface area contributed by atoms with Crippen molar-refractivity contribution in [1.82, 2.24) is 9.97 Å². The Labute approximate surface area is 165 Å². The fraction of sp³-hybridized carbons (Fsp3) is 0.250. The lowest BCUT2D eigenvalue weighted by molar-refractivity contribution is -0.116. The topological polar surface area (TPSA) is 57.8 Å². The molecule has 1 atom stereocenters. The molecule has 2 N–H and O–H groups in total. The van der Waals surface area contributed by atoms with Gasteiger partial charge < -0.3 is 10.3 Å². The van der Waals surface area contributed by atoms with Gasteiger partial charge in [0.05, 0.1) is 11.7 Å². The number of hydrogen-bond acceptors (Lipinski definition) is 2. The molecule has 4 aromatic rings. The number of aryl methyl sites for hydroxylation is 1. The molecule has 0 radical (unpaired) electrons. The minimum Gasteiger partial charge on any atom is -0.353 e. The summed E-state index contributed by atoms with van der Waals surface area (Å²) in [5.74, 6) is 0.444. The van der Waals surface area contributed by atoms with Gasteiger partial charge in [0.1, 0.15) is 0 Å². The van der Waals surface area contributed by atoms with E-state index >= 15 is 0 Å². The predicted molar refractivity (Wildman–Crippen MR) is 116 cm³/mol. The number of carbonyl (C=O) groups is 1. The number of nitrogens with one attached hydrogen (secondary N) is 2. The van der Waals surface area contributed by atoms with Crippen molar-refractivity contribution >= 4 is 33.4 Å². The van der Waals surface area contributed by atoms with Gasteiger partial charge in [-0.15, -0.1) is 0 Å². The molecule has 4 heteroatoms. The average molecular weight is 371 g/mol. The van der Waals surface area contributed by atoms with Crippen molar-refractivity contribution in [1.29, 1.82) is 0 Å². The van der Waals surface area contributed by atoms with E-state index in [-0.39, 0.29) is 5.91 Å². The highest BCUT2D eigenvalue weighted by atomic mass is 16.1. The molecule has 0 aliphatic rings. The first kappa shape index (κ1) is 18.2. The molecule has 0 aliphatic heterocycles. The Hall–Kier alpha value is -3.14. The van der Waals surface area contributed by atoms with Crippen LogP contribution in [-0.2, 0) is 11.2 Å². The van der Waals surface area contributed by atoms with E-state index in [1.165, 1.54) is 10.9 Å². The molecular formula is C24H25N3O. The lowest BCUT2D eigenvalue weighted by Gasteiger charge is -2.15. The number of aromatic nitrogens is 2. The van der Waals surface area contributed by atoms with Gasteiger partial charge >= 0.3 is 0 Å². The summed E-state index contributed by atoms with van der Waals surface area (Å²) in [7, 11) is 0. The van der Waals surface area contributed by atoms with Crippen molar-refractivity contribution in [2.24, 2.45) is 0 Å². The van der Waals surface area contributed by atoms with Crippen molar-refractivity contribution in [2.45, 2.75) is 39.0 Å². The van der Waals surface area contributed by atoms with E-state index in [0.29, 0.717) is 18.8 Å². The third kappa shape index (κ3) is 3.63.